The van der Waals surface area contributed by atoms with Gasteiger partial charge in [-0.25, -0.2) is 0 Å². The number of ether oxygens (including phenoxy) is 1. The number of aliphatic hydroxyl groups excluding tert-OH is 1. The van der Waals surface area contributed by atoms with Crippen LogP contribution in [0.15, 0.2) is 0 Å². The highest BCUT2D eigenvalue weighted by molar-refractivity contribution is 4.71. The number of hydrogen-bond donors (Lipinski definition) is 1. The molecular weight excluding hydrogens is 188 g/mol. The fraction of sp³-hybridized carbons (Fsp3) is 1.00. The van der Waals surface area contributed by atoms with Crippen LogP contribution in [0, 0.1) is 5.92 Å². The molecule has 0 aromatic carbocycles. The lowest BCUT2D eigenvalue weighted by Crippen LogP contribution is -2.21. The molecule has 1 unspecified atom stereocenters. The second kappa shape index (κ2) is 8.12. The molecule has 0 aliphatic heterocycles. The van der Waals surface area contributed by atoms with E-state index in [9.17, 15) is 5.11 Å². The van der Waals surface area contributed by atoms with E-state index >= 15 is 0 Å². The molecule has 0 aromatic heterocycles. The van der Waals surface area contributed by atoms with Crippen molar-refractivity contribution in [2.45, 2.75) is 63.9 Å². The molecular formula is C13H26O2. The summed E-state index contributed by atoms with van der Waals surface area (Å²) in [6.45, 7) is 0.782. The standard InChI is InChI=1S/C13H26O2/c1-15-11-7-10-13(14)12-8-5-3-2-4-6-9-12/h12-14H,2-11H2,1H3. The molecule has 1 N–H and O–H groups in total. The van der Waals surface area contributed by atoms with Crippen LogP contribution in [-0.4, -0.2) is 24.9 Å². The maximum absolute atomic E-state index is 10.1. The largest absolute Gasteiger partial charge is 0.393 e. The van der Waals surface area contributed by atoms with Gasteiger partial charge in [-0.15, -0.1) is 0 Å². The molecule has 1 aliphatic carbocycles. The van der Waals surface area contributed by atoms with Crippen LogP contribution in [0.2, 0.25) is 0 Å². The molecule has 0 heterocycles. The zero-order chi connectivity index (χ0) is 10.9. The zero-order valence-electron chi connectivity index (χ0n) is 10.1. The summed E-state index contributed by atoms with van der Waals surface area (Å²) in [5.74, 6) is 0.558. The summed E-state index contributed by atoms with van der Waals surface area (Å²) < 4.78 is 5.01. The first kappa shape index (κ1) is 13.0. The quantitative estimate of drug-likeness (QED) is 0.712. The molecule has 0 radical (unpaired) electrons. The van der Waals surface area contributed by atoms with Gasteiger partial charge in [0.05, 0.1) is 6.10 Å². The monoisotopic (exact) mass is 214 g/mol. The van der Waals surface area contributed by atoms with Crippen LogP contribution in [0.3, 0.4) is 0 Å². The third kappa shape index (κ3) is 5.53. The zero-order valence-corrected chi connectivity index (χ0v) is 10.1. The smallest absolute Gasteiger partial charge is 0.0569 e. The van der Waals surface area contributed by atoms with Crippen LogP contribution >= 0.6 is 0 Å². The SMILES string of the molecule is COCCCC(O)C1CCCCCCC1. The van der Waals surface area contributed by atoms with Crippen LogP contribution in [0.4, 0.5) is 0 Å². The number of rotatable bonds is 5. The van der Waals surface area contributed by atoms with Gasteiger partial charge < -0.3 is 9.84 Å². The lowest BCUT2D eigenvalue weighted by molar-refractivity contribution is 0.0720. The normalized spacial score (nSPS) is 22.0. The summed E-state index contributed by atoms with van der Waals surface area (Å²) in [7, 11) is 1.72. The van der Waals surface area contributed by atoms with Gasteiger partial charge in [0, 0.05) is 13.7 Å². The molecule has 1 atom stereocenters. The molecule has 1 fully saturated rings. The summed E-state index contributed by atoms with van der Waals surface area (Å²) in [6.07, 6.45) is 11.0. The van der Waals surface area contributed by atoms with Crippen molar-refractivity contribution < 1.29 is 9.84 Å². The molecule has 1 saturated carbocycles. The van der Waals surface area contributed by atoms with Crippen molar-refractivity contribution in [1.82, 2.24) is 0 Å². The third-order valence-corrected chi connectivity index (χ3v) is 3.54. The molecule has 2 heteroatoms. The van der Waals surface area contributed by atoms with Gasteiger partial charge in [-0.05, 0) is 31.6 Å². The highest BCUT2D eigenvalue weighted by Gasteiger charge is 2.19. The van der Waals surface area contributed by atoms with Crippen LogP contribution in [0.5, 0.6) is 0 Å². The number of methoxy groups -OCH3 is 1. The summed E-state index contributed by atoms with van der Waals surface area (Å²) in [5.41, 5.74) is 0. The highest BCUT2D eigenvalue weighted by Crippen LogP contribution is 2.26. The molecule has 15 heavy (non-hydrogen) atoms. The number of hydrogen-bond acceptors (Lipinski definition) is 2. The lowest BCUT2D eigenvalue weighted by Gasteiger charge is -2.24. The van der Waals surface area contributed by atoms with E-state index in [0.717, 1.165) is 19.4 Å². The second-order valence-corrected chi connectivity index (χ2v) is 4.81. The molecule has 0 amide bonds. The van der Waals surface area contributed by atoms with Gasteiger partial charge in [0.1, 0.15) is 0 Å². The Morgan fingerprint density at radius 1 is 1.13 bits per heavy atom. The number of aliphatic hydroxyl groups is 1. The molecule has 2 nitrogen and oxygen atoms in total. The Hall–Kier alpha value is -0.0800. The highest BCUT2D eigenvalue weighted by atomic mass is 16.5. The molecule has 1 rings (SSSR count). The van der Waals surface area contributed by atoms with Crippen LogP contribution in [0.1, 0.15) is 57.8 Å². The van der Waals surface area contributed by atoms with E-state index in [1.807, 2.05) is 0 Å². The van der Waals surface area contributed by atoms with E-state index in [0.29, 0.717) is 5.92 Å². The first-order valence-corrected chi connectivity index (χ1v) is 6.51. The Balaban J connectivity index is 2.19. The topological polar surface area (TPSA) is 29.5 Å². The minimum Gasteiger partial charge on any atom is -0.393 e. The Morgan fingerprint density at radius 3 is 2.33 bits per heavy atom. The van der Waals surface area contributed by atoms with Crippen molar-refractivity contribution in [3.63, 3.8) is 0 Å². The van der Waals surface area contributed by atoms with Gasteiger partial charge in [0.15, 0.2) is 0 Å². The maximum atomic E-state index is 10.1. The molecule has 0 bridgehead atoms. The Bertz CT molecular complexity index is 139. The minimum atomic E-state index is -0.0850. The summed E-state index contributed by atoms with van der Waals surface area (Å²) >= 11 is 0. The van der Waals surface area contributed by atoms with Gasteiger partial charge >= 0.3 is 0 Å². The van der Waals surface area contributed by atoms with E-state index in [4.69, 9.17) is 4.74 Å². The summed E-state index contributed by atoms with van der Waals surface area (Å²) in [6, 6.07) is 0. The molecule has 0 spiro atoms. The summed E-state index contributed by atoms with van der Waals surface area (Å²) in [4.78, 5) is 0. The van der Waals surface area contributed by atoms with Crippen molar-refractivity contribution in [1.29, 1.82) is 0 Å². The Labute approximate surface area is 94.0 Å². The van der Waals surface area contributed by atoms with Gasteiger partial charge in [0.25, 0.3) is 0 Å². The third-order valence-electron chi connectivity index (χ3n) is 3.54. The minimum absolute atomic E-state index is 0.0850. The van der Waals surface area contributed by atoms with E-state index in [-0.39, 0.29) is 6.10 Å². The van der Waals surface area contributed by atoms with E-state index in [1.54, 1.807) is 7.11 Å². The lowest BCUT2D eigenvalue weighted by atomic mass is 9.86. The van der Waals surface area contributed by atoms with E-state index in [1.165, 1.54) is 44.9 Å². The second-order valence-electron chi connectivity index (χ2n) is 4.81. The Morgan fingerprint density at radius 2 is 1.73 bits per heavy atom. The predicted molar refractivity (Wildman–Crippen MR) is 62.9 cm³/mol. The van der Waals surface area contributed by atoms with Crippen LogP contribution in [-0.2, 0) is 4.74 Å². The maximum Gasteiger partial charge on any atom is 0.0569 e. The average molecular weight is 214 g/mol. The van der Waals surface area contributed by atoms with Crippen LogP contribution < -0.4 is 0 Å². The van der Waals surface area contributed by atoms with Crippen molar-refractivity contribution in [3.05, 3.63) is 0 Å². The first-order valence-electron chi connectivity index (χ1n) is 6.51. The van der Waals surface area contributed by atoms with Crippen LogP contribution in [0.25, 0.3) is 0 Å². The molecule has 90 valence electrons. The van der Waals surface area contributed by atoms with Crippen molar-refractivity contribution in [3.8, 4) is 0 Å². The van der Waals surface area contributed by atoms with Gasteiger partial charge in [-0.3, -0.25) is 0 Å². The van der Waals surface area contributed by atoms with Crippen molar-refractivity contribution in [2.75, 3.05) is 13.7 Å². The molecule has 1 aliphatic rings. The predicted octanol–water partition coefficient (Wildman–Crippen LogP) is 3.13. The van der Waals surface area contributed by atoms with Gasteiger partial charge in [0.2, 0.25) is 0 Å². The van der Waals surface area contributed by atoms with Gasteiger partial charge in [-0.1, -0.05) is 32.1 Å². The van der Waals surface area contributed by atoms with E-state index in [2.05, 4.69) is 0 Å². The van der Waals surface area contributed by atoms with Gasteiger partial charge in [-0.2, -0.15) is 0 Å². The van der Waals surface area contributed by atoms with Crippen molar-refractivity contribution >= 4 is 0 Å². The molecule has 0 aromatic rings. The van der Waals surface area contributed by atoms with Crippen molar-refractivity contribution in [2.24, 2.45) is 5.92 Å². The first-order chi connectivity index (χ1) is 7.34. The van der Waals surface area contributed by atoms with E-state index < -0.39 is 0 Å². The fourth-order valence-corrected chi connectivity index (χ4v) is 2.55. The Kier molecular flexibility index (Phi) is 7.03. The summed E-state index contributed by atoms with van der Waals surface area (Å²) in [5, 5.41) is 10.1. The fourth-order valence-electron chi connectivity index (χ4n) is 2.55. The molecule has 0 saturated heterocycles. The average Bonchev–Trinajstić information content (AvgIpc) is 2.17.